The Morgan fingerprint density at radius 2 is 2.07 bits per heavy atom. The van der Waals surface area contributed by atoms with E-state index in [1.54, 1.807) is 0 Å². The Morgan fingerprint density at radius 1 is 1.33 bits per heavy atom. The van der Waals surface area contributed by atoms with E-state index in [4.69, 9.17) is 4.74 Å². The quantitative estimate of drug-likeness (QED) is 0.636. The molecule has 1 aromatic rings. The Hall–Kier alpha value is -1.34. The van der Waals surface area contributed by atoms with Crippen LogP contribution in [0.3, 0.4) is 0 Å². The van der Waals surface area contributed by atoms with Gasteiger partial charge in [0, 0.05) is 0 Å². The Kier molecular flexibility index (Phi) is 5.49. The van der Waals surface area contributed by atoms with Crippen molar-refractivity contribution in [2.24, 2.45) is 0 Å². The molecule has 0 saturated heterocycles. The molecule has 80 valence electrons. The molecular weight excluding hydrogens is 184 g/mol. The summed E-state index contributed by atoms with van der Waals surface area (Å²) in [5.74, 6) is 0. The molecule has 1 unspecified atom stereocenters. The van der Waals surface area contributed by atoms with Gasteiger partial charge in [-0.15, -0.1) is 6.58 Å². The van der Waals surface area contributed by atoms with Crippen LogP contribution in [0.5, 0.6) is 0 Å². The van der Waals surface area contributed by atoms with Crippen molar-refractivity contribution in [2.45, 2.75) is 19.4 Å². The summed E-state index contributed by atoms with van der Waals surface area (Å²) in [4.78, 5) is 0. The lowest BCUT2D eigenvalue weighted by Crippen LogP contribution is -2.03. The zero-order valence-corrected chi connectivity index (χ0v) is 9.23. The van der Waals surface area contributed by atoms with Crippen molar-refractivity contribution >= 4 is 0 Å². The molecular formula is C14H18O. The first kappa shape index (κ1) is 11.7. The lowest BCUT2D eigenvalue weighted by molar-refractivity contribution is 0.0764. The minimum absolute atomic E-state index is 0.125. The molecule has 1 rings (SSSR count). The molecule has 0 saturated carbocycles. The van der Waals surface area contributed by atoms with E-state index in [1.807, 2.05) is 43.4 Å². The number of rotatable bonds is 6. The van der Waals surface area contributed by atoms with Gasteiger partial charge in [-0.05, 0) is 18.9 Å². The number of hydrogen-bond donors (Lipinski definition) is 0. The second kappa shape index (κ2) is 7.02. The molecule has 1 aromatic carbocycles. The van der Waals surface area contributed by atoms with Gasteiger partial charge in [-0.1, -0.05) is 48.6 Å². The monoisotopic (exact) mass is 202 g/mol. The summed E-state index contributed by atoms with van der Waals surface area (Å²) in [7, 11) is 0. The predicted octanol–water partition coefficient (Wildman–Crippen LogP) is 3.90. The normalized spacial score (nSPS) is 12.9. The van der Waals surface area contributed by atoms with Gasteiger partial charge in [0.2, 0.25) is 0 Å². The van der Waals surface area contributed by atoms with E-state index in [2.05, 4.69) is 18.7 Å². The number of ether oxygens (including phenoxy) is 1. The Morgan fingerprint density at radius 3 is 2.67 bits per heavy atom. The third-order valence-electron chi connectivity index (χ3n) is 2.18. The summed E-state index contributed by atoms with van der Waals surface area (Å²) in [5, 5.41) is 0. The van der Waals surface area contributed by atoms with Crippen LogP contribution in [0.1, 0.15) is 25.0 Å². The summed E-state index contributed by atoms with van der Waals surface area (Å²) < 4.78 is 5.75. The molecule has 0 heterocycles. The summed E-state index contributed by atoms with van der Waals surface area (Å²) in [5.41, 5.74) is 1.21. The maximum absolute atomic E-state index is 5.75. The van der Waals surface area contributed by atoms with Crippen molar-refractivity contribution in [2.75, 3.05) is 6.61 Å². The molecule has 0 aliphatic rings. The lowest BCUT2D eigenvalue weighted by atomic mass is 10.1. The van der Waals surface area contributed by atoms with Crippen LogP contribution in [0.25, 0.3) is 0 Å². The fraction of sp³-hybridized carbons (Fsp3) is 0.286. The fourth-order valence-electron chi connectivity index (χ4n) is 1.39. The van der Waals surface area contributed by atoms with E-state index >= 15 is 0 Å². The van der Waals surface area contributed by atoms with Gasteiger partial charge in [0.05, 0.1) is 12.7 Å². The second-order valence-corrected chi connectivity index (χ2v) is 3.33. The zero-order valence-electron chi connectivity index (χ0n) is 9.23. The van der Waals surface area contributed by atoms with Crippen LogP contribution in [0.2, 0.25) is 0 Å². The van der Waals surface area contributed by atoms with Gasteiger partial charge in [-0.2, -0.15) is 0 Å². The first-order valence-corrected chi connectivity index (χ1v) is 5.27. The van der Waals surface area contributed by atoms with Crippen LogP contribution >= 0.6 is 0 Å². The number of allylic oxidation sites excluding steroid dienone is 1. The molecule has 15 heavy (non-hydrogen) atoms. The average molecular weight is 202 g/mol. The first-order valence-electron chi connectivity index (χ1n) is 5.27. The summed E-state index contributed by atoms with van der Waals surface area (Å²) in [6, 6.07) is 10.3. The van der Waals surface area contributed by atoms with E-state index in [0.717, 1.165) is 6.42 Å². The maximum Gasteiger partial charge on any atom is 0.0863 e. The summed E-state index contributed by atoms with van der Waals surface area (Å²) >= 11 is 0. The van der Waals surface area contributed by atoms with E-state index in [-0.39, 0.29) is 6.10 Å². The van der Waals surface area contributed by atoms with E-state index in [1.165, 1.54) is 5.56 Å². The smallest absolute Gasteiger partial charge is 0.0863 e. The van der Waals surface area contributed by atoms with Gasteiger partial charge in [0.15, 0.2) is 0 Å². The third kappa shape index (κ3) is 4.13. The molecule has 0 radical (unpaired) electrons. The number of hydrogen-bond acceptors (Lipinski definition) is 1. The van der Waals surface area contributed by atoms with Crippen LogP contribution in [0.15, 0.2) is 55.1 Å². The highest BCUT2D eigenvalue weighted by Crippen LogP contribution is 2.20. The van der Waals surface area contributed by atoms with Gasteiger partial charge in [0.25, 0.3) is 0 Å². The SMILES string of the molecule is C=CCC(OC/C=C/C)c1ccccc1. The van der Waals surface area contributed by atoms with E-state index in [0.29, 0.717) is 6.61 Å². The van der Waals surface area contributed by atoms with Gasteiger partial charge >= 0.3 is 0 Å². The van der Waals surface area contributed by atoms with Crippen LogP contribution < -0.4 is 0 Å². The Labute approximate surface area is 92.1 Å². The third-order valence-corrected chi connectivity index (χ3v) is 2.18. The van der Waals surface area contributed by atoms with Crippen LogP contribution in [0, 0.1) is 0 Å². The fourth-order valence-corrected chi connectivity index (χ4v) is 1.39. The standard InChI is InChI=1S/C14H18O/c1-3-5-12-15-14(9-4-2)13-10-7-6-8-11-13/h3-8,10-11,14H,2,9,12H2,1H3/b5-3+. The molecule has 0 N–H and O–H groups in total. The molecule has 0 amide bonds. The highest BCUT2D eigenvalue weighted by molar-refractivity contribution is 5.18. The van der Waals surface area contributed by atoms with Crippen LogP contribution in [0.4, 0.5) is 0 Å². The zero-order chi connectivity index (χ0) is 10.9. The predicted molar refractivity (Wildman–Crippen MR) is 64.8 cm³/mol. The largest absolute Gasteiger partial charge is 0.369 e. The van der Waals surface area contributed by atoms with Gasteiger partial charge in [0.1, 0.15) is 0 Å². The Balaban J connectivity index is 2.61. The van der Waals surface area contributed by atoms with E-state index < -0.39 is 0 Å². The minimum Gasteiger partial charge on any atom is -0.369 e. The lowest BCUT2D eigenvalue weighted by Gasteiger charge is -2.15. The topological polar surface area (TPSA) is 9.23 Å². The van der Waals surface area contributed by atoms with Crippen molar-refractivity contribution in [3.63, 3.8) is 0 Å². The molecule has 0 aliphatic heterocycles. The van der Waals surface area contributed by atoms with Crippen LogP contribution in [-0.2, 0) is 4.74 Å². The van der Waals surface area contributed by atoms with Gasteiger partial charge in [-0.3, -0.25) is 0 Å². The first-order chi connectivity index (χ1) is 7.38. The molecule has 0 fully saturated rings. The van der Waals surface area contributed by atoms with Crippen molar-refractivity contribution in [3.05, 3.63) is 60.7 Å². The molecule has 0 bridgehead atoms. The highest BCUT2D eigenvalue weighted by atomic mass is 16.5. The molecule has 1 atom stereocenters. The van der Waals surface area contributed by atoms with Gasteiger partial charge in [-0.25, -0.2) is 0 Å². The Bertz CT molecular complexity index is 300. The van der Waals surface area contributed by atoms with Crippen molar-refractivity contribution in [3.8, 4) is 0 Å². The van der Waals surface area contributed by atoms with Crippen molar-refractivity contribution < 1.29 is 4.74 Å². The second-order valence-electron chi connectivity index (χ2n) is 3.33. The van der Waals surface area contributed by atoms with Crippen molar-refractivity contribution in [1.82, 2.24) is 0 Å². The average Bonchev–Trinajstić information content (AvgIpc) is 2.29. The highest BCUT2D eigenvalue weighted by Gasteiger charge is 2.08. The summed E-state index contributed by atoms with van der Waals surface area (Å²) in [6.45, 7) is 6.41. The molecule has 0 aromatic heterocycles. The van der Waals surface area contributed by atoms with Gasteiger partial charge < -0.3 is 4.74 Å². The van der Waals surface area contributed by atoms with Crippen molar-refractivity contribution in [1.29, 1.82) is 0 Å². The molecule has 1 heteroatoms. The summed E-state index contributed by atoms with van der Waals surface area (Å²) in [6.07, 6.45) is 6.88. The minimum atomic E-state index is 0.125. The van der Waals surface area contributed by atoms with E-state index in [9.17, 15) is 0 Å². The molecule has 0 aliphatic carbocycles. The maximum atomic E-state index is 5.75. The molecule has 0 spiro atoms. The number of benzene rings is 1. The van der Waals surface area contributed by atoms with Crippen LogP contribution in [-0.4, -0.2) is 6.61 Å². The molecule has 1 nitrogen and oxygen atoms in total.